The number of nitrogens with one attached hydrogen (secondary N) is 1. The van der Waals surface area contributed by atoms with Crippen LogP contribution in [0.25, 0.3) is 10.8 Å². The maximum absolute atomic E-state index is 13.0. The van der Waals surface area contributed by atoms with Crippen LogP contribution in [0.15, 0.2) is 71.6 Å². The molecule has 1 aliphatic rings. The van der Waals surface area contributed by atoms with E-state index in [0.29, 0.717) is 24.3 Å². The van der Waals surface area contributed by atoms with E-state index in [1.54, 1.807) is 12.1 Å². The zero-order valence-corrected chi connectivity index (χ0v) is 17.7. The Hall–Kier alpha value is -2.74. The average molecular weight is 425 g/mol. The zero-order valence-electron chi connectivity index (χ0n) is 16.9. The number of carbonyl (C=O) groups excluding carboxylic acids is 1. The van der Waals surface area contributed by atoms with Crippen molar-refractivity contribution in [3.63, 3.8) is 0 Å². The number of benzene rings is 3. The lowest BCUT2D eigenvalue weighted by Gasteiger charge is -2.34. The van der Waals surface area contributed by atoms with Crippen molar-refractivity contribution in [2.24, 2.45) is 0 Å². The van der Waals surface area contributed by atoms with Crippen molar-refractivity contribution in [2.75, 3.05) is 18.4 Å². The van der Waals surface area contributed by atoms with Gasteiger partial charge in [-0.05, 0) is 49.6 Å². The van der Waals surface area contributed by atoms with Gasteiger partial charge in [0.25, 0.3) is 5.91 Å². The highest BCUT2D eigenvalue weighted by Gasteiger charge is 2.32. The maximum Gasteiger partial charge on any atom is 0.255 e. The minimum atomic E-state index is -3.64. The molecular weight excluding hydrogens is 400 g/mol. The molecule has 1 aliphatic heterocycles. The average Bonchev–Trinajstić information content (AvgIpc) is 2.73. The van der Waals surface area contributed by atoms with Crippen molar-refractivity contribution in [2.45, 2.75) is 31.0 Å². The van der Waals surface area contributed by atoms with E-state index in [4.69, 9.17) is 4.74 Å². The molecule has 7 heteroatoms. The number of amides is 1. The minimum absolute atomic E-state index is 0.158. The van der Waals surface area contributed by atoms with Crippen LogP contribution in [-0.4, -0.2) is 43.9 Å². The summed E-state index contributed by atoms with van der Waals surface area (Å²) in [4.78, 5) is 12.9. The Balaban J connectivity index is 1.53. The lowest BCUT2D eigenvalue weighted by molar-refractivity contribution is -0.0440. The molecule has 0 radical (unpaired) electrons. The number of nitrogens with zero attached hydrogens (tertiary/aromatic N) is 1. The van der Waals surface area contributed by atoms with Crippen LogP contribution in [0.2, 0.25) is 0 Å². The maximum atomic E-state index is 13.0. The van der Waals surface area contributed by atoms with Crippen LogP contribution in [0.4, 0.5) is 5.69 Å². The molecule has 3 aromatic rings. The highest BCUT2D eigenvalue weighted by molar-refractivity contribution is 7.89. The molecule has 4 rings (SSSR count). The Kier molecular flexibility index (Phi) is 5.60. The van der Waals surface area contributed by atoms with Crippen LogP contribution in [0.1, 0.15) is 24.2 Å². The molecule has 1 heterocycles. The molecule has 156 valence electrons. The number of sulfonamides is 1. The van der Waals surface area contributed by atoms with E-state index in [2.05, 4.69) is 5.32 Å². The molecule has 0 aromatic heterocycles. The highest BCUT2D eigenvalue weighted by atomic mass is 32.2. The summed E-state index contributed by atoms with van der Waals surface area (Å²) in [6.07, 6.45) is -0.316. The highest BCUT2D eigenvalue weighted by Crippen LogP contribution is 2.25. The number of carbonyl (C=O) groups is 1. The van der Waals surface area contributed by atoms with Gasteiger partial charge in [-0.1, -0.05) is 36.4 Å². The van der Waals surface area contributed by atoms with Crippen LogP contribution in [-0.2, 0) is 14.8 Å². The number of morpholine rings is 1. The summed E-state index contributed by atoms with van der Waals surface area (Å²) in [6, 6.07) is 19.6. The minimum Gasteiger partial charge on any atom is -0.373 e. The number of anilines is 1. The van der Waals surface area contributed by atoms with Gasteiger partial charge in [-0.2, -0.15) is 4.31 Å². The van der Waals surface area contributed by atoms with Gasteiger partial charge >= 0.3 is 0 Å². The largest absolute Gasteiger partial charge is 0.373 e. The summed E-state index contributed by atoms with van der Waals surface area (Å²) in [6.45, 7) is 4.35. The van der Waals surface area contributed by atoms with Gasteiger partial charge in [-0.15, -0.1) is 0 Å². The summed E-state index contributed by atoms with van der Waals surface area (Å²) in [5.41, 5.74) is 1.11. The molecule has 1 fully saturated rings. The van der Waals surface area contributed by atoms with E-state index in [9.17, 15) is 13.2 Å². The van der Waals surface area contributed by atoms with Crippen molar-refractivity contribution in [1.82, 2.24) is 4.31 Å². The van der Waals surface area contributed by atoms with Crippen LogP contribution < -0.4 is 5.32 Å². The van der Waals surface area contributed by atoms with E-state index < -0.39 is 10.0 Å². The first-order valence-electron chi connectivity index (χ1n) is 9.89. The third-order valence-electron chi connectivity index (χ3n) is 5.18. The summed E-state index contributed by atoms with van der Waals surface area (Å²) in [7, 11) is -3.64. The van der Waals surface area contributed by atoms with Crippen molar-refractivity contribution in [3.8, 4) is 0 Å². The normalized spacial score (nSPS) is 20.2. The summed E-state index contributed by atoms with van der Waals surface area (Å²) >= 11 is 0. The molecule has 6 nitrogen and oxygen atoms in total. The van der Waals surface area contributed by atoms with Gasteiger partial charge in [0.2, 0.25) is 10.0 Å². The van der Waals surface area contributed by atoms with Gasteiger partial charge in [0.15, 0.2) is 0 Å². The SMILES string of the molecule is C[C@@H]1CN(S(=O)(=O)c2ccc(C(=O)Nc3cccc4ccccc34)cc2)C[C@@H](C)O1. The first-order chi connectivity index (χ1) is 14.3. The third-order valence-corrected chi connectivity index (χ3v) is 7.02. The molecule has 0 saturated carbocycles. The number of rotatable bonds is 4. The molecule has 1 N–H and O–H groups in total. The molecule has 0 spiro atoms. The van der Waals surface area contributed by atoms with E-state index in [0.717, 1.165) is 10.8 Å². The molecule has 1 amide bonds. The van der Waals surface area contributed by atoms with E-state index >= 15 is 0 Å². The van der Waals surface area contributed by atoms with E-state index in [1.807, 2.05) is 56.3 Å². The second-order valence-corrected chi connectivity index (χ2v) is 9.52. The Labute approximate surface area is 176 Å². The van der Waals surface area contributed by atoms with Gasteiger partial charge in [-0.25, -0.2) is 8.42 Å². The lowest BCUT2D eigenvalue weighted by Crippen LogP contribution is -2.48. The Bertz CT molecular complexity index is 1160. The van der Waals surface area contributed by atoms with Crippen molar-refractivity contribution in [3.05, 3.63) is 72.3 Å². The smallest absolute Gasteiger partial charge is 0.255 e. The van der Waals surface area contributed by atoms with Gasteiger partial charge in [0.1, 0.15) is 0 Å². The number of hydrogen-bond acceptors (Lipinski definition) is 4. The molecule has 30 heavy (non-hydrogen) atoms. The molecule has 0 bridgehead atoms. The number of hydrogen-bond donors (Lipinski definition) is 1. The van der Waals surface area contributed by atoms with Crippen LogP contribution >= 0.6 is 0 Å². The van der Waals surface area contributed by atoms with Crippen molar-refractivity contribution in [1.29, 1.82) is 0 Å². The first-order valence-corrected chi connectivity index (χ1v) is 11.3. The lowest BCUT2D eigenvalue weighted by atomic mass is 10.1. The zero-order chi connectivity index (χ0) is 21.3. The second-order valence-electron chi connectivity index (χ2n) is 7.58. The Morgan fingerprint density at radius 3 is 2.27 bits per heavy atom. The topological polar surface area (TPSA) is 75.7 Å². The second kappa shape index (κ2) is 8.18. The summed E-state index contributed by atoms with van der Waals surface area (Å²) < 4.78 is 33.0. The standard InChI is InChI=1S/C23H24N2O4S/c1-16-14-25(15-17(2)29-16)30(27,28)20-12-10-19(11-13-20)23(26)24-22-9-5-7-18-6-3-4-8-21(18)22/h3-13,16-17H,14-15H2,1-2H3,(H,24,26)/t16-,17-/m1/s1. The van der Waals surface area contributed by atoms with E-state index in [-0.39, 0.29) is 23.0 Å². The van der Waals surface area contributed by atoms with Crippen molar-refractivity contribution >= 4 is 32.4 Å². The fourth-order valence-corrected chi connectivity index (χ4v) is 5.37. The summed E-state index contributed by atoms with van der Waals surface area (Å²) in [5, 5.41) is 4.90. The molecule has 3 aromatic carbocycles. The molecular formula is C23H24N2O4S. The Morgan fingerprint density at radius 2 is 1.57 bits per heavy atom. The number of ether oxygens (including phenoxy) is 1. The van der Waals surface area contributed by atoms with Crippen LogP contribution in [0, 0.1) is 0 Å². The fraction of sp³-hybridized carbons (Fsp3) is 0.261. The van der Waals surface area contributed by atoms with Gasteiger partial charge in [0.05, 0.1) is 17.1 Å². The van der Waals surface area contributed by atoms with Gasteiger partial charge in [0, 0.05) is 29.7 Å². The molecule has 0 unspecified atom stereocenters. The predicted molar refractivity (Wildman–Crippen MR) is 117 cm³/mol. The van der Waals surface area contributed by atoms with Crippen molar-refractivity contribution < 1.29 is 17.9 Å². The van der Waals surface area contributed by atoms with Crippen LogP contribution in [0.5, 0.6) is 0 Å². The molecule has 2 atom stereocenters. The number of fused-ring (bicyclic) bond motifs is 1. The van der Waals surface area contributed by atoms with E-state index in [1.165, 1.54) is 16.4 Å². The predicted octanol–water partition coefficient (Wildman–Crippen LogP) is 3.89. The summed E-state index contributed by atoms with van der Waals surface area (Å²) in [5.74, 6) is -0.288. The molecule has 0 aliphatic carbocycles. The monoisotopic (exact) mass is 424 g/mol. The van der Waals surface area contributed by atoms with Gasteiger partial charge < -0.3 is 10.1 Å². The molecule has 1 saturated heterocycles. The quantitative estimate of drug-likeness (QED) is 0.689. The Morgan fingerprint density at radius 1 is 0.933 bits per heavy atom. The first kappa shape index (κ1) is 20.5. The third kappa shape index (κ3) is 4.09. The van der Waals surface area contributed by atoms with Crippen LogP contribution in [0.3, 0.4) is 0 Å². The fourth-order valence-electron chi connectivity index (χ4n) is 3.78. The van der Waals surface area contributed by atoms with Gasteiger partial charge in [-0.3, -0.25) is 4.79 Å².